The van der Waals surface area contributed by atoms with E-state index in [-0.39, 0.29) is 0 Å². The summed E-state index contributed by atoms with van der Waals surface area (Å²) in [5.74, 6) is 0.764. The molecule has 1 heterocycles. The Morgan fingerprint density at radius 2 is 2.44 bits per heavy atom. The first-order chi connectivity index (χ1) is 4.29. The molecule has 0 unspecified atom stereocenters. The van der Waals surface area contributed by atoms with Crippen molar-refractivity contribution in [2.75, 3.05) is 14.1 Å². The summed E-state index contributed by atoms with van der Waals surface area (Å²) in [6.45, 7) is 0.771. The molecular weight excluding hydrogens is 116 g/mol. The second kappa shape index (κ2) is 2.64. The first kappa shape index (κ1) is 6.29. The Labute approximate surface area is 54.3 Å². The maximum Gasteiger partial charge on any atom is 0.208 e. The van der Waals surface area contributed by atoms with E-state index in [1.165, 1.54) is 0 Å². The van der Waals surface area contributed by atoms with Crippen LogP contribution in [0.4, 0.5) is 0 Å². The smallest absolute Gasteiger partial charge is 0.208 e. The van der Waals surface area contributed by atoms with E-state index in [0.29, 0.717) is 0 Å². The van der Waals surface area contributed by atoms with Crippen molar-refractivity contribution in [1.29, 1.82) is 0 Å². The molecule has 1 rings (SSSR count). The molecule has 3 nitrogen and oxygen atoms in total. The van der Waals surface area contributed by atoms with Gasteiger partial charge < -0.3 is 9.32 Å². The van der Waals surface area contributed by atoms with Gasteiger partial charge in [-0.15, -0.1) is 0 Å². The van der Waals surface area contributed by atoms with E-state index in [1.54, 1.807) is 12.5 Å². The molecular formula is C6H10N2O. The van der Waals surface area contributed by atoms with Crippen molar-refractivity contribution in [2.24, 2.45) is 0 Å². The molecule has 3 heteroatoms. The summed E-state index contributed by atoms with van der Waals surface area (Å²) in [5, 5.41) is 0. The molecule has 0 atom stereocenters. The zero-order chi connectivity index (χ0) is 6.69. The van der Waals surface area contributed by atoms with Crippen LogP contribution in [0.25, 0.3) is 0 Å². The molecule has 0 radical (unpaired) electrons. The Hall–Kier alpha value is -0.830. The van der Waals surface area contributed by atoms with E-state index in [9.17, 15) is 0 Å². The van der Waals surface area contributed by atoms with Gasteiger partial charge in [0.15, 0.2) is 0 Å². The molecule has 0 aliphatic heterocycles. The predicted molar refractivity (Wildman–Crippen MR) is 33.9 cm³/mol. The minimum Gasteiger partial charge on any atom is -0.448 e. The van der Waals surface area contributed by atoms with Gasteiger partial charge >= 0.3 is 0 Å². The lowest BCUT2D eigenvalue weighted by molar-refractivity contribution is 0.341. The topological polar surface area (TPSA) is 29.3 Å². The van der Waals surface area contributed by atoms with Gasteiger partial charge in [0, 0.05) is 0 Å². The molecule has 0 saturated carbocycles. The fraction of sp³-hybridized carbons (Fsp3) is 0.500. The molecule has 9 heavy (non-hydrogen) atoms. The summed E-state index contributed by atoms with van der Waals surface area (Å²) in [7, 11) is 3.95. The van der Waals surface area contributed by atoms with Gasteiger partial charge in [-0.25, -0.2) is 4.98 Å². The van der Waals surface area contributed by atoms with Crippen LogP contribution in [0, 0.1) is 0 Å². The summed E-state index contributed by atoms with van der Waals surface area (Å²) < 4.78 is 4.99. The summed E-state index contributed by atoms with van der Waals surface area (Å²) in [6, 6.07) is 0. The first-order valence-corrected chi connectivity index (χ1v) is 2.82. The lowest BCUT2D eigenvalue weighted by atomic mass is 10.6. The highest BCUT2D eigenvalue weighted by molar-refractivity contribution is 4.77. The van der Waals surface area contributed by atoms with Crippen LogP contribution in [0.2, 0.25) is 0 Å². The van der Waals surface area contributed by atoms with Crippen molar-refractivity contribution in [3.63, 3.8) is 0 Å². The number of hydrogen-bond donors (Lipinski definition) is 0. The van der Waals surface area contributed by atoms with Gasteiger partial charge in [-0.1, -0.05) is 0 Å². The number of aromatic nitrogens is 1. The molecule has 1 aromatic heterocycles. The van der Waals surface area contributed by atoms with E-state index in [1.807, 2.05) is 19.0 Å². The second-order valence-electron chi connectivity index (χ2n) is 2.16. The van der Waals surface area contributed by atoms with E-state index < -0.39 is 0 Å². The van der Waals surface area contributed by atoms with Gasteiger partial charge in [0.25, 0.3) is 0 Å². The van der Waals surface area contributed by atoms with Gasteiger partial charge in [-0.05, 0) is 14.1 Å². The molecule has 0 spiro atoms. The van der Waals surface area contributed by atoms with Gasteiger partial charge in [-0.3, -0.25) is 0 Å². The summed E-state index contributed by atoms with van der Waals surface area (Å²) in [4.78, 5) is 5.95. The fourth-order valence-electron chi connectivity index (χ4n) is 0.602. The monoisotopic (exact) mass is 126 g/mol. The molecule has 0 aromatic carbocycles. The van der Waals surface area contributed by atoms with Crippen molar-refractivity contribution >= 4 is 0 Å². The van der Waals surface area contributed by atoms with Crippen LogP contribution in [-0.4, -0.2) is 24.0 Å². The molecule has 0 bridgehead atoms. The van der Waals surface area contributed by atoms with E-state index in [0.717, 1.165) is 12.4 Å². The zero-order valence-corrected chi connectivity index (χ0v) is 5.66. The molecule has 0 N–H and O–H groups in total. The van der Waals surface area contributed by atoms with Crippen LogP contribution in [0.1, 0.15) is 5.89 Å². The van der Waals surface area contributed by atoms with E-state index in [2.05, 4.69) is 4.98 Å². The normalized spacial score (nSPS) is 10.6. The lowest BCUT2D eigenvalue weighted by Gasteiger charge is -2.03. The van der Waals surface area contributed by atoms with Crippen LogP contribution < -0.4 is 0 Å². The average molecular weight is 126 g/mol. The minimum atomic E-state index is 0.764. The fourth-order valence-corrected chi connectivity index (χ4v) is 0.602. The molecule has 0 amide bonds. The summed E-state index contributed by atoms with van der Waals surface area (Å²) in [5.41, 5.74) is 0. The quantitative estimate of drug-likeness (QED) is 0.585. The highest BCUT2D eigenvalue weighted by Gasteiger charge is 1.96. The van der Waals surface area contributed by atoms with Crippen molar-refractivity contribution in [1.82, 2.24) is 9.88 Å². The van der Waals surface area contributed by atoms with Crippen molar-refractivity contribution in [2.45, 2.75) is 6.54 Å². The van der Waals surface area contributed by atoms with Crippen LogP contribution in [0.15, 0.2) is 16.9 Å². The third-order valence-electron chi connectivity index (χ3n) is 0.935. The Balaban J connectivity index is 2.48. The first-order valence-electron chi connectivity index (χ1n) is 2.82. The predicted octanol–water partition coefficient (Wildman–Crippen LogP) is 0.736. The molecule has 1 aromatic rings. The average Bonchev–Trinajstić information content (AvgIpc) is 2.15. The summed E-state index contributed by atoms with van der Waals surface area (Å²) >= 11 is 0. The van der Waals surface area contributed by atoms with Crippen molar-refractivity contribution in [3.8, 4) is 0 Å². The Kier molecular flexibility index (Phi) is 1.85. The number of hydrogen-bond acceptors (Lipinski definition) is 3. The standard InChI is InChI=1S/C6H10N2O/c1-8(2)5-6-7-3-4-9-6/h3-4H,5H2,1-2H3. The molecule has 0 saturated heterocycles. The number of rotatable bonds is 2. The van der Waals surface area contributed by atoms with Crippen molar-refractivity contribution in [3.05, 3.63) is 18.4 Å². The van der Waals surface area contributed by atoms with E-state index in [4.69, 9.17) is 4.42 Å². The zero-order valence-electron chi connectivity index (χ0n) is 5.66. The van der Waals surface area contributed by atoms with Gasteiger partial charge in [-0.2, -0.15) is 0 Å². The second-order valence-corrected chi connectivity index (χ2v) is 2.16. The van der Waals surface area contributed by atoms with Gasteiger partial charge in [0.1, 0.15) is 6.26 Å². The van der Waals surface area contributed by atoms with E-state index >= 15 is 0 Å². The molecule has 0 fully saturated rings. The Bertz CT molecular complexity index is 158. The van der Waals surface area contributed by atoms with Crippen LogP contribution in [-0.2, 0) is 6.54 Å². The van der Waals surface area contributed by atoms with Crippen LogP contribution in [0.3, 0.4) is 0 Å². The molecule has 0 aliphatic carbocycles. The molecule has 50 valence electrons. The minimum absolute atomic E-state index is 0.764. The van der Waals surface area contributed by atoms with Gasteiger partial charge in [0.05, 0.1) is 12.7 Å². The van der Waals surface area contributed by atoms with Gasteiger partial charge in [0.2, 0.25) is 5.89 Å². The number of nitrogens with zero attached hydrogens (tertiary/aromatic N) is 2. The Morgan fingerprint density at radius 1 is 1.67 bits per heavy atom. The third-order valence-corrected chi connectivity index (χ3v) is 0.935. The number of oxazole rings is 1. The molecule has 0 aliphatic rings. The highest BCUT2D eigenvalue weighted by Crippen LogP contribution is 1.95. The maximum absolute atomic E-state index is 4.99. The SMILES string of the molecule is CN(C)Cc1ncco1. The maximum atomic E-state index is 4.99. The lowest BCUT2D eigenvalue weighted by Crippen LogP contribution is -2.10. The third kappa shape index (κ3) is 1.85. The largest absolute Gasteiger partial charge is 0.448 e. The van der Waals surface area contributed by atoms with Crippen LogP contribution >= 0.6 is 0 Å². The van der Waals surface area contributed by atoms with Crippen molar-refractivity contribution < 1.29 is 4.42 Å². The summed E-state index contributed by atoms with van der Waals surface area (Å²) in [6.07, 6.45) is 3.23. The highest BCUT2D eigenvalue weighted by atomic mass is 16.3. The van der Waals surface area contributed by atoms with Crippen LogP contribution in [0.5, 0.6) is 0 Å². The Morgan fingerprint density at radius 3 is 2.89 bits per heavy atom.